The highest BCUT2D eigenvalue weighted by Crippen LogP contribution is 2.35. The van der Waals surface area contributed by atoms with Crippen LogP contribution in [0.1, 0.15) is 51.4 Å². The van der Waals surface area contributed by atoms with Crippen LogP contribution in [0.5, 0.6) is 0 Å². The van der Waals surface area contributed by atoms with Crippen LogP contribution in [0.15, 0.2) is 53.1 Å². The lowest BCUT2D eigenvalue weighted by Gasteiger charge is -2.35. The number of fused-ring (bicyclic) bond motifs is 1. The molecule has 0 bridgehead atoms. The molecule has 170 valence electrons. The summed E-state index contributed by atoms with van der Waals surface area (Å²) in [5.74, 6) is 1.68. The molecule has 3 aromatic rings. The first kappa shape index (κ1) is 21.2. The predicted octanol–water partition coefficient (Wildman–Crippen LogP) is 3.38. The maximum Gasteiger partial charge on any atom is 0.289 e. The van der Waals surface area contributed by atoms with Gasteiger partial charge in [0.25, 0.3) is 5.91 Å². The van der Waals surface area contributed by atoms with Crippen molar-refractivity contribution in [2.75, 3.05) is 42.9 Å². The Hall–Kier alpha value is -3.68. The van der Waals surface area contributed by atoms with Crippen LogP contribution in [0.25, 0.3) is 0 Å². The standard InChI is InChI=1S/C25H27N5O3/c1-2-26-23-22-19(15-18(16-20(22)31)17-7-4-3-5-8-17)27-25(28-23)30-12-10-29(11-13-30)24(32)21-9-6-14-33-21/h3-9,14,18H,2,10-13,15-16H2,1H3,(H,26,27,28)/t18-/m0/s1. The van der Waals surface area contributed by atoms with Crippen LogP contribution >= 0.6 is 0 Å². The Morgan fingerprint density at radius 1 is 1.06 bits per heavy atom. The van der Waals surface area contributed by atoms with E-state index >= 15 is 0 Å². The molecule has 2 aliphatic rings. The Morgan fingerprint density at radius 2 is 1.85 bits per heavy atom. The minimum Gasteiger partial charge on any atom is -0.459 e. The number of Topliss-reactive ketones (excluding diaryl/α,β-unsaturated/α-hetero) is 1. The van der Waals surface area contributed by atoms with E-state index in [1.54, 1.807) is 17.0 Å². The molecule has 1 aliphatic heterocycles. The number of anilines is 2. The minimum absolute atomic E-state index is 0.0847. The summed E-state index contributed by atoms with van der Waals surface area (Å²) in [7, 11) is 0. The topological polar surface area (TPSA) is 91.6 Å². The Morgan fingerprint density at radius 3 is 2.55 bits per heavy atom. The second-order valence-corrected chi connectivity index (χ2v) is 8.42. The van der Waals surface area contributed by atoms with Gasteiger partial charge in [-0.25, -0.2) is 4.98 Å². The van der Waals surface area contributed by atoms with Crippen molar-refractivity contribution in [2.24, 2.45) is 0 Å². The number of ketones is 1. The van der Waals surface area contributed by atoms with Gasteiger partial charge in [0.05, 0.1) is 17.5 Å². The van der Waals surface area contributed by atoms with Crippen LogP contribution in [0.4, 0.5) is 11.8 Å². The van der Waals surface area contributed by atoms with Gasteiger partial charge in [-0.3, -0.25) is 9.59 Å². The molecule has 0 saturated carbocycles. The van der Waals surface area contributed by atoms with Gasteiger partial charge in [0.2, 0.25) is 5.95 Å². The molecule has 33 heavy (non-hydrogen) atoms. The number of aromatic nitrogens is 2. The summed E-state index contributed by atoms with van der Waals surface area (Å²) in [6.07, 6.45) is 2.68. The maximum atomic E-state index is 13.1. The van der Waals surface area contributed by atoms with Gasteiger partial charge < -0.3 is 19.5 Å². The van der Waals surface area contributed by atoms with E-state index < -0.39 is 0 Å². The molecule has 5 rings (SSSR count). The number of carbonyl (C=O) groups is 2. The molecule has 8 heteroatoms. The second-order valence-electron chi connectivity index (χ2n) is 8.42. The quantitative estimate of drug-likeness (QED) is 0.644. The van der Waals surface area contributed by atoms with Crippen molar-refractivity contribution in [3.8, 4) is 0 Å². The third-order valence-electron chi connectivity index (χ3n) is 6.32. The largest absolute Gasteiger partial charge is 0.459 e. The van der Waals surface area contributed by atoms with E-state index in [4.69, 9.17) is 14.4 Å². The molecular weight excluding hydrogens is 418 g/mol. The number of rotatable bonds is 5. The highest BCUT2D eigenvalue weighted by Gasteiger charge is 2.32. The van der Waals surface area contributed by atoms with Crippen LogP contribution in [0.3, 0.4) is 0 Å². The molecule has 1 fully saturated rings. The third-order valence-corrected chi connectivity index (χ3v) is 6.32. The molecule has 1 amide bonds. The lowest BCUT2D eigenvalue weighted by Crippen LogP contribution is -2.49. The lowest BCUT2D eigenvalue weighted by molar-refractivity contribution is 0.0714. The van der Waals surface area contributed by atoms with Gasteiger partial charge in [0.15, 0.2) is 11.5 Å². The highest BCUT2D eigenvalue weighted by atomic mass is 16.3. The van der Waals surface area contributed by atoms with E-state index in [2.05, 4.69) is 22.3 Å². The van der Waals surface area contributed by atoms with Crippen molar-refractivity contribution < 1.29 is 14.0 Å². The molecule has 2 aromatic heterocycles. The summed E-state index contributed by atoms with van der Waals surface area (Å²) in [5.41, 5.74) is 2.58. The van der Waals surface area contributed by atoms with Gasteiger partial charge in [-0.05, 0) is 37.0 Å². The van der Waals surface area contributed by atoms with Crippen LogP contribution in [-0.4, -0.2) is 59.3 Å². The van der Waals surface area contributed by atoms with E-state index in [1.165, 1.54) is 6.26 Å². The lowest BCUT2D eigenvalue weighted by atomic mass is 9.82. The number of nitrogens with one attached hydrogen (secondary N) is 1. The fourth-order valence-electron chi connectivity index (χ4n) is 4.63. The van der Waals surface area contributed by atoms with Gasteiger partial charge >= 0.3 is 0 Å². The predicted molar refractivity (Wildman–Crippen MR) is 125 cm³/mol. The molecule has 1 saturated heterocycles. The fourth-order valence-corrected chi connectivity index (χ4v) is 4.63. The van der Waals surface area contributed by atoms with E-state index in [1.807, 2.05) is 25.1 Å². The van der Waals surface area contributed by atoms with E-state index in [-0.39, 0.29) is 17.6 Å². The highest BCUT2D eigenvalue weighted by molar-refractivity contribution is 6.03. The number of hydrogen-bond donors (Lipinski definition) is 1. The Kier molecular flexibility index (Phi) is 5.81. The van der Waals surface area contributed by atoms with Crippen molar-refractivity contribution in [1.29, 1.82) is 0 Å². The SMILES string of the molecule is CCNc1nc(N2CCN(C(=O)c3ccco3)CC2)nc2c1C(=O)C[C@@H](c1ccccc1)C2. The zero-order valence-corrected chi connectivity index (χ0v) is 18.7. The zero-order valence-electron chi connectivity index (χ0n) is 18.7. The van der Waals surface area contributed by atoms with Crippen LogP contribution in [0, 0.1) is 0 Å². The molecule has 1 aromatic carbocycles. The fraction of sp³-hybridized carbons (Fsp3) is 0.360. The summed E-state index contributed by atoms with van der Waals surface area (Å²) in [5, 5.41) is 3.27. The number of nitrogens with zero attached hydrogens (tertiary/aromatic N) is 4. The molecule has 8 nitrogen and oxygen atoms in total. The van der Waals surface area contributed by atoms with E-state index in [9.17, 15) is 9.59 Å². The second kappa shape index (κ2) is 9.05. The summed E-state index contributed by atoms with van der Waals surface area (Å²) >= 11 is 0. The summed E-state index contributed by atoms with van der Waals surface area (Å²) in [6, 6.07) is 13.6. The zero-order chi connectivity index (χ0) is 22.8. The van der Waals surface area contributed by atoms with Gasteiger partial charge in [-0.15, -0.1) is 0 Å². The van der Waals surface area contributed by atoms with Gasteiger partial charge in [-0.2, -0.15) is 4.98 Å². The monoisotopic (exact) mass is 445 g/mol. The number of carbonyl (C=O) groups excluding carboxylic acids is 2. The smallest absolute Gasteiger partial charge is 0.289 e. The number of amides is 1. The molecule has 1 atom stereocenters. The number of hydrogen-bond acceptors (Lipinski definition) is 7. The minimum atomic E-state index is -0.101. The average Bonchev–Trinajstić information content (AvgIpc) is 3.39. The average molecular weight is 446 g/mol. The normalized spacial score (nSPS) is 18.2. The van der Waals surface area contributed by atoms with Gasteiger partial charge in [0, 0.05) is 39.1 Å². The third kappa shape index (κ3) is 4.20. The first-order valence-electron chi connectivity index (χ1n) is 11.4. The molecule has 3 heterocycles. The van der Waals surface area contributed by atoms with E-state index in [0.717, 1.165) is 11.3 Å². The summed E-state index contributed by atoms with van der Waals surface area (Å²) < 4.78 is 5.25. The number of furan rings is 1. The van der Waals surface area contributed by atoms with E-state index in [0.29, 0.717) is 68.7 Å². The first-order valence-corrected chi connectivity index (χ1v) is 11.4. The van der Waals surface area contributed by atoms with Crippen molar-refractivity contribution in [3.05, 3.63) is 71.3 Å². The Balaban J connectivity index is 1.38. The van der Waals surface area contributed by atoms with Gasteiger partial charge in [0.1, 0.15) is 5.82 Å². The maximum absolute atomic E-state index is 13.1. The summed E-state index contributed by atoms with van der Waals surface area (Å²) in [6.45, 7) is 5.01. The molecule has 0 radical (unpaired) electrons. The molecule has 1 aliphatic carbocycles. The van der Waals surface area contributed by atoms with Crippen molar-refractivity contribution in [1.82, 2.24) is 14.9 Å². The molecule has 1 N–H and O–H groups in total. The molecule has 0 unspecified atom stereocenters. The van der Waals surface area contributed by atoms with Crippen molar-refractivity contribution >= 4 is 23.5 Å². The molecular formula is C25H27N5O3. The molecule has 0 spiro atoms. The van der Waals surface area contributed by atoms with Crippen molar-refractivity contribution in [3.63, 3.8) is 0 Å². The van der Waals surface area contributed by atoms with Gasteiger partial charge in [-0.1, -0.05) is 30.3 Å². The number of benzene rings is 1. The number of piperazine rings is 1. The van der Waals surface area contributed by atoms with Crippen LogP contribution in [-0.2, 0) is 6.42 Å². The van der Waals surface area contributed by atoms with Crippen LogP contribution < -0.4 is 10.2 Å². The van der Waals surface area contributed by atoms with Crippen molar-refractivity contribution in [2.45, 2.75) is 25.7 Å². The Labute approximate surface area is 192 Å². The Bertz CT molecular complexity index is 1140. The first-order chi connectivity index (χ1) is 16.1. The van der Waals surface area contributed by atoms with Crippen LogP contribution in [0.2, 0.25) is 0 Å². The summed E-state index contributed by atoms with van der Waals surface area (Å²) in [4.78, 5) is 39.1.